The molecule has 0 spiro atoms. The fraction of sp³-hybridized carbons (Fsp3) is 0.595. The SMILES string of the molecule is COC(=O)C(C)CC(C)(C)c1ccc(OC(=O)c2cc(C(C)(C)C)c(O)c(C(C)(C)C)c2)c(C(C)(C)CC(C)C(=O)OC)c1. The van der Waals surface area contributed by atoms with Gasteiger partial charge in [0.1, 0.15) is 11.5 Å². The Morgan fingerprint density at radius 2 is 1.11 bits per heavy atom. The summed E-state index contributed by atoms with van der Waals surface area (Å²) in [6.45, 7) is 23.8. The van der Waals surface area contributed by atoms with Gasteiger partial charge in [-0.3, -0.25) is 9.59 Å². The molecule has 0 saturated carbocycles. The van der Waals surface area contributed by atoms with Crippen LogP contribution in [0.4, 0.5) is 0 Å². The molecule has 7 heteroatoms. The van der Waals surface area contributed by atoms with E-state index in [0.717, 1.165) is 11.1 Å². The van der Waals surface area contributed by atoms with E-state index >= 15 is 0 Å². The Labute approximate surface area is 264 Å². The normalized spacial score (nSPS) is 14.0. The summed E-state index contributed by atoms with van der Waals surface area (Å²) in [6, 6.07) is 9.17. The number of carbonyl (C=O) groups is 3. The molecule has 2 unspecified atom stereocenters. The maximum atomic E-state index is 13.8. The first-order chi connectivity index (χ1) is 20.0. The highest BCUT2D eigenvalue weighted by Crippen LogP contribution is 2.43. The lowest BCUT2D eigenvalue weighted by atomic mass is 9.72. The van der Waals surface area contributed by atoms with Crippen LogP contribution in [0.5, 0.6) is 11.5 Å². The summed E-state index contributed by atoms with van der Waals surface area (Å²) < 4.78 is 16.1. The van der Waals surface area contributed by atoms with Crippen molar-refractivity contribution in [2.75, 3.05) is 14.2 Å². The van der Waals surface area contributed by atoms with Crippen molar-refractivity contribution >= 4 is 17.9 Å². The van der Waals surface area contributed by atoms with Crippen molar-refractivity contribution in [1.82, 2.24) is 0 Å². The summed E-state index contributed by atoms with van der Waals surface area (Å²) in [5, 5.41) is 11.2. The van der Waals surface area contributed by atoms with E-state index in [-0.39, 0.29) is 23.6 Å². The summed E-state index contributed by atoms with van der Waals surface area (Å²) in [4.78, 5) is 38.5. The van der Waals surface area contributed by atoms with Crippen molar-refractivity contribution in [3.8, 4) is 11.5 Å². The summed E-state index contributed by atoms with van der Waals surface area (Å²) in [7, 11) is 2.76. The minimum Gasteiger partial charge on any atom is -0.507 e. The molecule has 1 N–H and O–H groups in total. The second-order valence-electron chi connectivity index (χ2n) is 15.5. The topological polar surface area (TPSA) is 99.1 Å². The molecule has 0 fully saturated rings. The number of hydrogen-bond donors (Lipinski definition) is 1. The van der Waals surface area contributed by atoms with Gasteiger partial charge in [-0.25, -0.2) is 4.79 Å². The van der Waals surface area contributed by atoms with Gasteiger partial charge in [-0.05, 0) is 58.3 Å². The molecule has 0 amide bonds. The first kappa shape index (κ1) is 36.8. The maximum Gasteiger partial charge on any atom is 0.343 e. The Hall–Kier alpha value is -3.35. The average Bonchev–Trinajstić information content (AvgIpc) is 2.90. The number of esters is 3. The number of benzene rings is 2. The number of phenolic OH excluding ortho intramolecular Hbond substituents is 1. The number of phenols is 1. The van der Waals surface area contributed by atoms with E-state index in [1.807, 2.05) is 81.4 Å². The highest BCUT2D eigenvalue weighted by atomic mass is 16.5. The number of rotatable bonds is 10. The largest absolute Gasteiger partial charge is 0.507 e. The van der Waals surface area contributed by atoms with Gasteiger partial charge < -0.3 is 19.3 Å². The minimum absolute atomic E-state index is 0.188. The molecular formula is C37H54O7. The quantitative estimate of drug-likeness (QED) is 0.214. The average molecular weight is 611 g/mol. The van der Waals surface area contributed by atoms with Crippen molar-refractivity contribution in [3.05, 3.63) is 58.1 Å². The third-order valence-electron chi connectivity index (χ3n) is 8.49. The predicted molar refractivity (Wildman–Crippen MR) is 175 cm³/mol. The molecule has 0 aliphatic heterocycles. The lowest BCUT2D eigenvalue weighted by molar-refractivity contribution is -0.146. The zero-order chi connectivity index (χ0) is 34.0. The van der Waals surface area contributed by atoms with E-state index in [0.29, 0.717) is 35.3 Å². The molecule has 0 aromatic heterocycles. The van der Waals surface area contributed by atoms with Gasteiger partial charge in [0.25, 0.3) is 0 Å². The van der Waals surface area contributed by atoms with Crippen molar-refractivity contribution in [1.29, 1.82) is 0 Å². The molecule has 7 nitrogen and oxygen atoms in total. The Morgan fingerprint density at radius 1 is 0.682 bits per heavy atom. The van der Waals surface area contributed by atoms with Crippen LogP contribution in [-0.4, -0.2) is 37.2 Å². The molecule has 0 aliphatic rings. The molecule has 2 rings (SSSR count). The maximum absolute atomic E-state index is 13.8. The first-order valence-corrected chi connectivity index (χ1v) is 15.4. The molecule has 44 heavy (non-hydrogen) atoms. The van der Waals surface area contributed by atoms with Crippen LogP contribution < -0.4 is 4.74 Å². The van der Waals surface area contributed by atoms with Gasteiger partial charge in [-0.15, -0.1) is 0 Å². The molecule has 0 bridgehead atoms. The second-order valence-corrected chi connectivity index (χ2v) is 15.5. The Bertz CT molecular complexity index is 1330. The van der Waals surface area contributed by atoms with Gasteiger partial charge in [0.2, 0.25) is 0 Å². The summed E-state index contributed by atoms with van der Waals surface area (Å²) in [6.07, 6.45) is 1.00. The van der Waals surface area contributed by atoms with Crippen LogP contribution in [0.25, 0.3) is 0 Å². The molecule has 244 valence electrons. The minimum atomic E-state index is -0.592. The molecule has 0 aliphatic carbocycles. The predicted octanol–water partition coefficient (Wildman–Crippen LogP) is 8.16. The van der Waals surface area contributed by atoms with Gasteiger partial charge >= 0.3 is 17.9 Å². The number of ether oxygens (including phenoxy) is 3. The first-order valence-electron chi connectivity index (χ1n) is 15.4. The summed E-state index contributed by atoms with van der Waals surface area (Å²) in [5.41, 5.74) is 1.60. The van der Waals surface area contributed by atoms with E-state index in [4.69, 9.17) is 14.2 Å². The molecule has 0 radical (unpaired) electrons. The molecule has 0 heterocycles. The lowest BCUT2D eigenvalue weighted by Crippen LogP contribution is -2.29. The van der Waals surface area contributed by atoms with Gasteiger partial charge in [0.15, 0.2) is 0 Å². The van der Waals surface area contributed by atoms with Gasteiger partial charge in [-0.1, -0.05) is 95.2 Å². The van der Waals surface area contributed by atoms with Crippen LogP contribution in [-0.2, 0) is 40.7 Å². The van der Waals surface area contributed by atoms with Crippen molar-refractivity contribution in [2.45, 2.75) is 118 Å². The molecule has 2 aromatic rings. The third-order valence-corrected chi connectivity index (χ3v) is 8.49. The molecule has 2 aromatic carbocycles. The van der Waals surface area contributed by atoms with E-state index < -0.39 is 33.5 Å². The van der Waals surface area contributed by atoms with Crippen LogP contribution in [0.1, 0.15) is 129 Å². The molecule has 2 atom stereocenters. The van der Waals surface area contributed by atoms with Crippen molar-refractivity contribution in [2.24, 2.45) is 11.8 Å². The van der Waals surface area contributed by atoms with Gasteiger partial charge in [0, 0.05) is 16.7 Å². The smallest absolute Gasteiger partial charge is 0.343 e. The molecule has 0 saturated heterocycles. The standard InChI is InChI=1S/C37H54O7/c1-22(31(39)42-13)20-36(9,10)25-15-16-29(26(19-25)37(11,12)21-23(2)32(40)43-14)44-33(41)24-17-27(34(3,4)5)30(38)28(18-24)35(6,7)8/h15-19,22-23,38H,20-21H2,1-14H3. The van der Waals surface area contributed by atoms with E-state index in [1.165, 1.54) is 14.2 Å². The van der Waals surface area contributed by atoms with Gasteiger partial charge in [0.05, 0.1) is 31.6 Å². The van der Waals surface area contributed by atoms with Crippen LogP contribution in [0, 0.1) is 11.8 Å². The van der Waals surface area contributed by atoms with Crippen LogP contribution in [0.2, 0.25) is 0 Å². The summed E-state index contributed by atoms with van der Waals surface area (Å²) >= 11 is 0. The van der Waals surface area contributed by atoms with Crippen LogP contribution in [0.3, 0.4) is 0 Å². The number of hydrogen-bond acceptors (Lipinski definition) is 7. The number of carbonyl (C=O) groups excluding carboxylic acids is 3. The zero-order valence-corrected chi connectivity index (χ0v) is 29.4. The second kappa shape index (κ2) is 13.3. The lowest BCUT2D eigenvalue weighted by Gasteiger charge is -2.33. The molecular weight excluding hydrogens is 556 g/mol. The highest BCUT2D eigenvalue weighted by molar-refractivity contribution is 5.92. The third kappa shape index (κ3) is 8.64. The monoisotopic (exact) mass is 610 g/mol. The Kier molecular flexibility index (Phi) is 11.2. The Morgan fingerprint density at radius 3 is 1.52 bits per heavy atom. The van der Waals surface area contributed by atoms with Crippen molar-refractivity contribution in [3.63, 3.8) is 0 Å². The fourth-order valence-electron chi connectivity index (χ4n) is 5.95. The zero-order valence-electron chi connectivity index (χ0n) is 29.4. The number of aromatic hydroxyl groups is 1. The van der Waals surface area contributed by atoms with E-state index in [2.05, 4.69) is 13.8 Å². The van der Waals surface area contributed by atoms with Crippen LogP contribution >= 0.6 is 0 Å². The van der Waals surface area contributed by atoms with Gasteiger partial charge in [-0.2, -0.15) is 0 Å². The Balaban J connectivity index is 2.70. The van der Waals surface area contributed by atoms with E-state index in [9.17, 15) is 19.5 Å². The number of methoxy groups -OCH3 is 2. The van der Waals surface area contributed by atoms with Crippen LogP contribution in [0.15, 0.2) is 30.3 Å². The van der Waals surface area contributed by atoms with E-state index in [1.54, 1.807) is 18.2 Å². The highest BCUT2D eigenvalue weighted by Gasteiger charge is 2.34. The summed E-state index contributed by atoms with van der Waals surface area (Å²) in [5.74, 6) is -1.25. The fourth-order valence-corrected chi connectivity index (χ4v) is 5.95. The van der Waals surface area contributed by atoms with Crippen molar-refractivity contribution < 1.29 is 33.7 Å².